The average Bonchev–Trinajstić information content (AvgIpc) is 3.24. The molecule has 0 bridgehead atoms. The van der Waals surface area contributed by atoms with Crippen molar-refractivity contribution < 1.29 is 4.92 Å². The molecule has 1 fully saturated rings. The molecule has 98 valence electrons. The minimum absolute atomic E-state index is 0.0544. The first-order valence-corrected chi connectivity index (χ1v) is 6.38. The van der Waals surface area contributed by atoms with E-state index in [9.17, 15) is 15.4 Å². The second-order valence-electron chi connectivity index (χ2n) is 5.05. The van der Waals surface area contributed by atoms with Crippen LogP contribution in [0.5, 0.6) is 0 Å². The summed E-state index contributed by atoms with van der Waals surface area (Å²) in [5, 5.41) is 20.2. The predicted octanol–water partition coefficient (Wildman–Crippen LogP) is 3.54. The lowest BCUT2D eigenvalue weighted by molar-refractivity contribution is -0.384. The highest BCUT2D eigenvalue weighted by Gasteiger charge is 2.56. The lowest BCUT2D eigenvalue weighted by atomic mass is 9.92. The maximum absolute atomic E-state index is 10.7. The van der Waals surface area contributed by atoms with Crippen molar-refractivity contribution in [2.45, 2.75) is 17.8 Å². The van der Waals surface area contributed by atoms with E-state index in [2.05, 4.69) is 6.07 Å². The topological polar surface area (TPSA) is 66.9 Å². The molecule has 0 spiro atoms. The summed E-state index contributed by atoms with van der Waals surface area (Å²) in [4.78, 5) is 10.2. The van der Waals surface area contributed by atoms with E-state index in [-0.39, 0.29) is 11.6 Å². The van der Waals surface area contributed by atoms with Gasteiger partial charge >= 0.3 is 0 Å². The highest BCUT2D eigenvalue weighted by atomic mass is 16.6. The summed E-state index contributed by atoms with van der Waals surface area (Å²) in [5.41, 5.74) is 1.53. The van der Waals surface area contributed by atoms with Crippen LogP contribution in [0.2, 0.25) is 0 Å². The fourth-order valence-electron chi connectivity index (χ4n) is 2.74. The van der Waals surface area contributed by atoms with E-state index in [0.29, 0.717) is 0 Å². The number of nitro benzene ring substituents is 1. The van der Waals surface area contributed by atoms with Gasteiger partial charge in [0.25, 0.3) is 5.69 Å². The van der Waals surface area contributed by atoms with Crippen LogP contribution in [0.15, 0.2) is 54.6 Å². The molecular weight excluding hydrogens is 252 g/mol. The van der Waals surface area contributed by atoms with E-state index in [1.54, 1.807) is 12.1 Å². The van der Waals surface area contributed by atoms with Gasteiger partial charge in [-0.1, -0.05) is 42.5 Å². The molecule has 1 aliphatic carbocycles. The standard InChI is InChI=1S/C16H12N2O2/c17-11-16(10-15(16)12-4-2-1-3-5-12)13-6-8-14(9-7-13)18(19)20/h1-9,15H,10H2. The van der Waals surface area contributed by atoms with Gasteiger partial charge in [0.15, 0.2) is 0 Å². The number of rotatable bonds is 3. The van der Waals surface area contributed by atoms with Gasteiger partial charge in [-0.3, -0.25) is 10.1 Å². The van der Waals surface area contributed by atoms with Gasteiger partial charge in [0.2, 0.25) is 0 Å². The molecule has 0 saturated heterocycles. The maximum Gasteiger partial charge on any atom is 0.269 e. The molecule has 0 amide bonds. The molecule has 1 saturated carbocycles. The minimum atomic E-state index is -0.531. The summed E-state index contributed by atoms with van der Waals surface area (Å²) in [6.45, 7) is 0. The number of benzene rings is 2. The molecule has 20 heavy (non-hydrogen) atoms. The Kier molecular flexibility index (Phi) is 2.76. The smallest absolute Gasteiger partial charge is 0.258 e. The number of non-ortho nitro benzene ring substituents is 1. The first-order valence-electron chi connectivity index (χ1n) is 6.38. The van der Waals surface area contributed by atoms with Crippen molar-refractivity contribution in [3.63, 3.8) is 0 Å². The predicted molar refractivity (Wildman–Crippen MR) is 74.2 cm³/mol. The molecule has 0 radical (unpaired) electrons. The fourth-order valence-corrected chi connectivity index (χ4v) is 2.74. The van der Waals surface area contributed by atoms with Crippen LogP contribution in [0.4, 0.5) is 5.69 Å². The van der Waals surface area contributed by atoms with Crippen molar-refractivity contribution in [2.24, 2.45) is 0 Å². The van der Waals surface area contributed by atoms with Crippen molar-refractivity contribution in [3.8, 4) is 6.07 Å². The molecule has 2 aromatic carbocycles. The Hall–Kier alpha value is -2.67. The van der Waals surface area contributed by atoms with Gasteiger partial charge in [-0.2, -0.15) is 5.26 Å². The molecule has 4 nitrogen and oxygen atoms in total. The number of nitrogens with zero attached hydrogens (tertiary/aromatic N) is 2. The summed E-state index contributed by atoms with van der Waals surface area (Å²) < 4.78 is 0. The zero-order valence-corrected chi connectivity index (χ0v) is 10.7. The third-order valence-electron chi connectivity index (χ3n) is 3.96. The van der Waals surface area contributed by atoms with Gasteiger partial charge in [-0.25, -0.2) is 0 Å². The van der Waals surface area contributed by atoms with Gasteiger partial charge in [-0.15, -0.1) is 0 Å². The third kappa shape index (κ3) is 1.84. The first-order chi connectivity index (χ1) is 9.67. The normalized spacial score (nSPS) is 23.9. The average molecular weight is 264 g/mol. The van der Waals surface area contributed by atoms with Crippen LogP contribution in [0.3, 0.4) is 0 Å². The van der Waals surface area contributed by atoms with E-state index < -0.39 is 10.3 Å². The quantitative estimate of drug-likeness (QED) is 0.629. The molecule has 4 heteroatoms. The van der Waals surface area contributed by atoms with E-state index in [0.717, 1.165) is 17.5 Å². The molecule has 1 aliphatic rings. The molecule has 0 aliphatic heterocycles. The van der Waals surface area contributed by atoms with Gasteiger partial charge < -0.3 is 0 Å². The molecule has 2 atom stereocenters. The minimum Gasteiger partial charge on any atom is -0.258 e. The summed E-state index contributed by atoms with van der Waals surface area (Å²) in [6, 6.07) is 18.7. The van der Waals surface area contributed by atoms with Crippen LogP contribution in [-0.2, 0) is 5.41 Å². The number of hydrogen-bond acceptors (Lipinski definition) is 3. The summed E-state index contributed by atoms with van der Waals surface area (Å²) in [7, 11) is 0. The fraction of sp³-hybridized carbons (Fsp3) is 0.188. The van der Waals surface area contributed by atoms with Crippen LogP contribution in [0, 0.1) is 21.4 Å². The SMILES string of the molecule is N#CC1(c2ccc([N+](=O)[O-])cc2)CC1c1ccccc1. The molecule has 0 heterocycles. The Balaban J connectivity index is 1.93. The van der Waals surface area contributed by atoms with Crippen molar-refractivity contribution >= 4 is 5.69 Å². The van der Waals surface area contributed by atoms with E-state index in [1.807, 2.05) is 30.3 Å². The zero-order valence-electron chi connectivity index (χ0n) is 10.7. The first kappa shape index (κ1) is 12.4. The highest BCUT2D eigenvalue weighted by Crippen LogP contribution is 2.60. The van der Waals surface area contributed by atoms with Gasteiger partial charge in [0.05, 0.1) is 16.4 Å². The van der Waals surface area contributed by atoms with E-state index >= 15 is 0 Å². The molecular formula is C16H12N2O2. The number of nitriles is 1. The molecule has 2 unspecified atom stereocenters. The van der Waals surface area contributed by atoms with Crippen molar-refractivity contribution in [2.75, 3.05) is 0 Å². The molecule has 0 N–H and O–H groups in total. The summed E-state index contributed by atoms with van der Waals surface area (Å²) in [5.74, 6) is 0.176. The van der Waals surface area contributed by atoms with Crippen LogP contribution in [-0.4, -0.2) is 4.92 Å². The van der Waals surface area contributed by atoms with Crippen LogP contribution in [0.25, 0.3) is 0 Å². The zero-order chi connectivity index (χ0) is 14.2. The maximum atomic E-state index is 10.7. The van der Waals surface area contributed by atoms with Gasteiger partial charge in [0.1, 0.15) is 0 Å². The van der Waals surface area contributed by atoms with E-state index in [4.69, 9.17) is 0 Å². The Morgan fingerprint density at radius 1 is 1.15 bits per heavy atom. The Morgan fingerprint density at radius 2 is 1.80 bits per heavy atom. The third-order valence-corrected chi connectivity index (χ3v) is 3.96. The van der Waals surface area contributed by atoms with Crippen LogP contribution in [0.1, 0.15) is 23.5 Å². The van der Waals surface area contributed by atoms with Gasteiger partial charge in [-0.05, 0) is 17.5 Å². The van der Waals surface area contributed by atoms with Crippen molar-refractivity contribution in [3.05, 3.63) is 75.8 Å². The molecule has 2 aromatic rings. The lowest BCUT2D eigenvalue weighted by Gasteiger charge is -2.09. The monoisotopic (exact) mass is 264 g/mol. The van der Waals surface area contributed by atoms with Crippen molar-refractivity contribution in [1.82, 2.24) is 0 Å². The Bertz CT molecular complexity index is 689. The number of nitro groups is 1. The lowest BCUT2D eigenvalue weighted by Crippen LogP contribution is -2.06. The largest absolute Gasteiger partial charge is 0.269 e. The van der Waals surface area contributed by atoms with Crippen LogP contribution >= 0.6 is 0 Å². The van der Waals surface area contributed by atoms with E-state index in [1.165, 1.54) is 12.1 Å². The Morgan fingerprint density at radius 3 is 2.35 bits per heavy atom. The van der Waals surface area contributed by atoms with Crippen molar-refractivity contribution in [1.29, 1.82) is 5.26 Å². The van der Waals surface area contributed by atoms with Crippen LogP contribution < -0.4 is 0 Å². The summed E-state index contributed by atoms with van der Waals surface area (Å²) >= 11 is 0. The number of hydrogen-bond donors (Lipinski definition) is 0. The molecule has 0 aromatic heterocycles. The second-order valence-corrected chi connectivity index (χ2v) is 5.05. The highest BCUT2D eigenvalue weighted by molar-refractivity contribution is 5.51. The van der Waals surface area contributed by atoms with Gasteiger partial charge in [0, 0.05) is 18.1 Å². The Labute approximate surface area is 116 Å². The molecule has 3 rings (SSSR count). The second kappa shape index (κ2) is 4.46. The summed E-state index contributed by atoms with van der Waals surface area (Å²) in [6.07, 6.45) is 0.769.